The van der Waals surface area contributed by atoms with Crippen LogP contribution in [0.1, 0.15) is 12.8 Å². The van der Waals surface area contributed by atoms with Crippen molar-refractivity contribution in [3.63, 3.8) is 0 Å². The van der Waals surface area contributed by atoms with E-state index in [0.717, 1.165) is 33.6 Å². The highest BCUT2D eigenvalue weighted by Gasteiger charge is 2.29. The molecule has 1 aliphatic heterocycles. The molecule has 0 aliphatic carbocycles. The van der Waals surface area contributed by atoms with E-state index in [-0.39, 0.29) is 9.92 Å². The molecule has 24 heavy (non-hydrogen) atoms. The molecule has 4 nitrogen and oxygen atoms in total. The van der Waals surface area contributed by atoms with Gasteiger partial charge in [-0.2, -0.15) is 4.31 Å². The molecule has 0 amide bonds. The number of rotatable bonds is 3. The Kier molecular flexibility index (Phi) is 4.08. The lowest BCUT2D eigenvalue weighted by molar-refractivity contribution is 0.477. The molecule has 0 saturated carbocycles. The van der Waals surface area contributed by atoms with E-state index in [4.69, 9.17) is 11.6 Å². The summed E-state index contributed by atoms with van der Waals surface area (Å²) in [5.74, 6) is 0. The highest BCUT2D eigenvalue weighted by molar-refractivity contribution is 7.89. The average Bonchev–Trinajstić information content (AvgIpc) is 3.25. The summed E-state index contributed by atoms with van der Waals surface area (Å²) in [6.07, 6.45) is 1.79. The van der Waals surface area contributed by atoms with Crippen LogP contribution in [0.2, 0.25) is 5.02 Å². The molecule has 0 N–H and O–H groups in total. The Morgan fingerprint density at radius 2 is 1.83 bits per heavy atom. The third-order valence-corrected chi connectivity index (χ3v) is 7.62. The van der Waals surface area contributed by atoms with Crippen LogP contribution in [0.4, 0.5) is 0 Å². The molecule has 2 aromatic carbocycles. The highest BCUT2D eigenvalue weighted by Crippen LogP contribution is 2.34. The van der Waals surface area contributed by atoms with Gasteiger partial charge in [0.1, 0.15) is 9.90 Å². The number of hydrogen-bond donors (Lipinski definition) is 0. The molecule has 0 radical (unpaired) electrons. The second kappa shape index (κ2) is 6.11. The predicted molar refractivity (Wildman–Crippen MR) is 98.1 cm³/mol. The highest BCUT2D eigenvalue weighted by atomic mass is 35.5. The van der Waals surface area contributed by atoms with Crippen LogP contribution in [0, 0.1) is 0 Å². The Hall–Kier alpha value is -1.47. The van der Waals surface area contributed by atoms with Gasteiger partial charge in [0.2, 0.25) is 10.0 Å². The Labute approximate surface area is 149 Å². The molecular weight excluding hydrogens is 364 g/mol. The largest absolute Gasteiger partial charge is 0.244 e. The quantitative estimate of drug-likeness (QED) is 0.678. The summed E-state index contributed by atoms with van der Waals surface area (Å²) >= 11 is 7.75. The minimum absolute atomic E-state index is 0.169. The maximum Gasteiger partial charge on any atom is 0.244 e. The zero-order chi connectivity index (χ0) is 16.7. The number of benzene rings is 2. The topological polar surface area (TPSA) is 50.3 Å². The molecule has 0 atom stereocenters. The van der Waals surface area contributed by atoms with Crippen molar-refractivity contribution in [3.05, 3.63) is 47.5 Å². The van der Waals surface area contributed by atoms with Gasteiger partial charge in [-0.05, 0) is 37.1 Å². The fourth-order valence-electron chi connectivity index (χ4n) is 2.90. The molecule has 0 unspecified atom stereocenters. The Balaban J connectivity index is 1.81. The number of sulfonamides is 1. The normalized spacial score (nSPS) is 16.0. The van der Waals surface area contributed by atoms with Crippen molar-refractivity contribution in [1.82, 2.24) is 9.29 Å². The molecule has 0 spiro atoms. The van der Waals surface area contributed by atoms with Crippen LogP contribution >= 0.6 is 22.9 Å². The van der Waals surface area contributed by atoms with Crippen LogP contribution in [0.3, 0.4) is 0 Å². The first-order valence-electron chi connectivity index (χ1n) is 7.71. The molecule has 1 fully saturated rings. The van der Waals surface area contributed by atoms with Gasteiger partial charge in [0, 0.05) is 18.7 Å². The van der Waals surface area contributed by atoms with E-state index < -0.39 is 10.0 Å². The number of fused-ring (bicyclic) bond motifs is 1. The third kappa shape index (κ3) is 2.73. The lowest BCUT2D eigenvalue weighted by Crippen LogP contribution is -2.28. The van der Waals surface area contributed by atoms with Crippen LogP contribution in [0.25, 0.3) is 20.8 Å². The van der Waals surface area contributed by atoms with E-state index in [0.29, 0.717) is 13.1 Å². The second-order valence-electron chi connectivity index (χ2n) is 5.74. The Bertz CT molecular complexity index is 975. The van der Waals surface area contributed by atoms with E-state index in [1.54, 1.807) is 23.5 Å². The number of thiazole rings is 1. The van der Waals surface area contributed by atoms with Gasteiger partial charge in [-0.25, -0.2) is 13.4 Å². The molecule has 1 saturated heterocycles. The van der Waals surface area contributed by atoms with Crippen molar-refractivity contribution in [1.29, 1.82) is 0 Å². The van der Waals surface area contributed by atoms with E-state index in [1.807, 2.05) is 30.3 Å². The number of halogens is 1. The molecular formula is C17H15ClN2O2S2. The predicted octanol–water partition coefficient (Wildman–Crippen LogP) is 4.40. The van der Waals surface area contributed by atoms with Crippen LogP contribution in [-0.2, 0) is 10.0 Å². The van der Waals surface area contributed by atoms with Gasteiger partial charge >= 0.3 is 0 Å². The lowest BCUT2D eigenvalue weighted by Gasteiger charge is -2.16. The number of para-hydroxylation sites is 1. The lowest BCUT2D eigenvalue weighted by atomic mass is 10.2. The molecule has 124 valence electrons. The van der Waals surface area contributed by atoms with E-state index >= 15 is 0 Å². The maximum absolute atomic E-state index is 12.8. The van der Waals surface area contributed by atoms with Crippen LogP contribution in [-0.4, -0.2) is 30.8 Å². The zero-order valence-corrected chi connectivity index (χ0v) is 15.2. The van der Waals surface area contributed by atoms with Gasteiger partial charge in [-0.15, -0.1) is 11.3 Å². The summed E-state index contributed by atoms with van der Waals surface area (Å²) in [5.41, 5.74) is 1.69. The fraction of sp³-hybridized carbons (Fsp3) is 0.235. The van der Waals surface area contributed by atoms with E-state index in [1.165, 1.54) is 4.31 Å². The summed E-state index contributed by atoms with van der Waals surface area (Å²) in [4.78, 5) is 4.77. The van der Waals surface area contributed by atoms with Crippen molar-refractivity contribution in [2.24, 2.45) is 0 Å². The first-order chi connectivity index (χ1) is 11.6. The standard InChI is InChI=1S/C17H15ClN2O2S2/c18-13-8-7-12(17-19-14-5-1-2-6-15(14)23-17)11-16(13)24(21,22)20-9-3-4-10-20/h1-2,5-8,11H,3-4,9-10H2. The average molecular weight is 379 g/mol. The van der Waals surface area contributed by atoms with Crippen molar-refractivity contribution in [3.8, 4) is 10.6 Å². The Morgan fingerprint density at radius 3 is 2.58 bits per heavy atom. The maximum atomic E-state index is 12.8. The van der Waals surface area contributed by atoms with Gasteiger partial charge in [-0.1, -0.05) is 29.8 Å². The van der Waals surface area contributed by atoms with Crippen LogP contribution < -0.4 is 0 Å². The third-order valence-electron chi connectivity index (χ3n) is 4.15. The molecule has 1 aromatic heterocycles. The first-order valence-corrected chi connectivity index (χ1v) is 10.3. The SMILES string of the molecule is O=S(=O)(c1cc(-c2nc3ccccc3s2)ccc1Cl)N1CCCC1. The van der Waals surface area contributed by atoms with Crippen molar-refractivity contribution >= 4 is 43.2 Å². The van der Waals surface area contributed by atoms with Crippen molar-refractivity contribution in [2.45, 2.75) is 17.7 Å². The minimum atomic E-state index is -3.55. The van der Waals surface area contributed by atoms with Crippen LogP contribution in [0.15, 0.2) is 47.4 Å². The Morgan fingerprint density at radius 1 is 1.08 bits per heavy atom. The van der Waals surface area contributed by atoms with Gasteiger partial charge < -0.3 is 0 Å². The van der Waals surface area contributed by atoms with Crippen molar-refractivity contribution < 1.29 is 8.42 Å². The van der Waals surface area contributed by atoms with Crippen molar-refractivity contribution in [2.75, 3.05) is 13.1 Å². The van der Waals surface area contributed by atoms with Gasteiger partial charge in [0.15, 0.2) is 0 Å². The molecule has 2 heterocycles. The summed E-state index contributed by atoms with van der Waals surface area (Å²) in [6.45, 7) is 1.12. The van der Waals surface area contributed by atoms with E-state index in [2.05, 4.69) is 4.98 Å². The number of nitrogens with zero attached hydrogens (tertiary/aromatic N) is 2. The second-order valence-corrected chi connectivity index (χ2v) is 9.09. The number of hydrogen-bond acceptors (Lipinski definition) is 4. The summed E-state index contributed by atoms with van der Waals surface area (Å²) in [7, 11) is -3.55. The van der Waals surface area contributed by atoms with Gasteiger partial charge in [-0.3, -0.25) is 0 Å². The molecule has 3 aromatic rings. The minimum Gasteiger partial charge on any atom is -0.236 e. The molecule has 4 rings (SSSR count). The first kappa shape index (κ1) is 16.0. The van der Waals surface area contributed by atoms with E-state index in [9.17, 15) is 8.42 Å². The molecule has 7 heteroatoms. The molecule has 1 aliphatic rings. The monoisotopic (exact) mass is 378 g/mol. The molecule has 0 bridgehead atoms. The summed E-state index contributed by atoms with van der Waals surface area (Å²) in [6, 6.07) is 13.0. The number of aromatic nitrogens is 1. The fourth-order valence-corrected chi connectivity index (χ4v) is 5.88. The van der Waals surface area contributed by atoms with Crippen LogP contribution in [0.5, 0.6) is 0 Å². The van der Waals surface area contributed by atoms with Gasteiger partial charge in [0.05, 0.1) is 15.2 Å². The smallest absolute Gasteiger partial charge is 0.236 e. The zero-order valence-electron chi connectivity index (χ0n) is 12.8. The summed E-state index contributed by atoms with van der Waals surface area (Å²) in [5, 5.41) is 1.05. The summed E-state index contributed by atoms with van der Waals surface area (Å²) < 4.78 is 28.3. The van der Waals surface area contributed by atoms with Gasteiger partial charge in [0.25, 0.3) is 0 Å².